The van der Waals surface area contributed by atoms with Gasteiger partial charge in [0.2, 0.25) is 0 Å². The van der Waals surface area contributed by atoms with E-state index in [4.69, 9.17) is 0 Å². The molecule has 0 fully saturated rings. The number of hydrogen-bond acceptors (Lipinski definition) is 4. The number of nitrogens with zero attached hydrogens (tertiary/aromatic N) is 2. The molecule has 3 N–H and O–H groups in total. The van der Waals surface area contributed by atoms with Crippen molar-refractivity contribution in [3.8, 4) is 5.75 Å². The highest BCUT2D eigenvalue weighted by atomic mass is 79.9. The number of rotatable bonds is 3. The van der Waals surface area contributed by atoms with Gasteiger partial charge in [-0.3, -0.25) is 4.79 Å². The molecule has 6 nitrogen and oxygen atoms in total. The van der Waals surface area contributed by atoms with Gasteiger partial charge in [0, 0.05) is 17.0 Å². The summed E-state index contributed by atoms with van der Waals surface area (Å²) in [6.45, 7) is 0. The zero-order valence-corrected chi connectivity index (χ0v) is 16.9. The standard InChI is InChI=1S/C20H16BrF3N4O2/c21-12-6-7-16(29)14(8-12)26-19(30)15-10-18-25-13(11-4-2-1-3-5-11)9-17(20(22,23)24)28(18)27-15/h1-8,10,13,17,25,29H,9H2,(H,26,30)/t13-,17+/m1/s1. The van der Waals surface area contributed by atoms with Crippen molar-refractivity contribution in [2.24, 2.45) is 0 Å². The molecule has 156 valence electrons. The second-order valence-electron chi connectivity index (χ2n) is 6.88. The molecule has 0 spiro atoms. The van der Waals surface area contributed by atoms with Crippen molar-refractivity contribution in [3.63, 3.8) is 0 Å². The minimum atomic E-state index is -4.54. The molecule has 0 saturated heterocycles. The molecular formula is C20H16BrF3N4O2. The number of aromatic hydroxyl groups is 1. The van der Waals surface area contributed by atoms with E-state index < -0.39 is 24.2 Å². The maximum atomic E-state index is 13.7. The van der Waals surface area contributed by atoms with Crippen molar-refractivity contribution in [2.45, 2.75) is 24.7 Å². The number of phenols is 1. The SMILES string of the molecule is O=C(Nc1cc(Br)ccc1O)c1cc2n(n1)[C@H](C(F)(F)F)C[C@H](c1ccccc1)N2. The average Bonchev–Trinajstić information content (AvgIpc) is 3.14. The number of amides is 1. The quantitative estimate of drug-likeness (QED) is 0.446. The molecular weight excluding hydrogens is 465 g/mol. The van der Waals surface area contributed by atoms with Crippen LogP contribution in [0.3, 0.4) is 0 Å². The first kappa shape index (κ1) is 20.3. The van der Waals surface area contributed by atoms with Gasteiger partial charge in [-0.05, 0) is 23.8 Å². The van der Waals surface area contributed by atoms with Gasteiger partial charge in [-0.1, -0.05) is 46.3 Å². The molecule has 2 aromatic carbocycles. The summed E-state index contributed by atoms with van der Waals surface area (Å²) in [5.41, 5.74) is 0.631. The van der Waals surface area contributed by atoms with E-state index in [1.54, 1.807) is 36.4 Å². The first-order chi connectivity index (χ1) is 14.2. The predicted molar refractivity (Wildman–Crippen MR) is 109 cm³/mol. The molecule has 1 amide bonds. The van der Waals surface area contributed by atoms with Crippen LogP contribution in [0.15, 0.2) is 59.1 Å². The molecule has 0 radical (unpaired) electrons. The Morgan fingerprint density at radius 3 is 2.63 bits per heavy atom. The van der Waals surface area contributed by atoms with E-state index in [1.807, 2.05) is 0 Å². The third-order valence-corrected chi connectivity index (χ3v) is 5.32. The Bertz CT molecular complexity index is 1090. The zero-order valence-electron chi connectivity index (χ0n) is 15.3. The van der Waals surface area contributed by atoms with E-state index in [2.05, 4.69) is 31.7 Å². The summed E-state index contributed by atoms with van der Waals surface area (Å²) >= 11 is 3.23. The maximum absolute atomic E-state index is 13.7. The number of phenolic OH excluding ortho intramolecular Hbond substituents is 1. The monoisotopic (exact) mass is 480 g/mol. The second kappa shape index (κ2) is 7.67. The Kier molecular flexibility index (Phi) is 5.19. The van der Waals surface area contributed by atoms with Crippen LogP contribution in [0.25, 0.3) is 0 Å². The van der Waals surface area contributed by atoms with Crippen LogP contribution < -0.4 is 10.6 Å². The van der Waals surface area contributed by atoms with Crippen LogP contribution in [0, 0.1) is 0 Å². The number of aromatic nitrogens is 2. The lowest BCUT2D eigenvalue weighted by Crippen LogP contribution is -2.35. The van der Waals surface area contributed by atoms with E-state index in [0.717, 1.165) is 4.68 Å². The maximum Gasteiger partial charge on any atom is 0.410 e. The Labute approximate surface area is 177 Å². The normalized spacial score (nSPS) is 18.4. The second-order valence-corrected chi connectivity index (χ2v) is 7.79. The van der Waals surface area contributed by atoms with Crippen molar-refractivity contribution < 1.29 is 23.1 Å². The molecule has 1 aliphatic rings. The number of anilines is 2. The molecule has 10 heteroatoms. The number of carbonyl (C=O) groups excluding carboxylic acids is 1. The van der Waals surface area contributed by atoms with Crippen molar-refractivity contribution in [1.29, 1.82) is 0 Å². The molecule has 2 heterocycles. The van der Waals surface area contributed by atoms with Crippen LogP contribution in [0.2, 0.25) is 0 Å². The van der Waals surface area contributed by atoms with E-state index in [1.165, 1.54) is 18.2 Å². The Hall–Kier alpha value is -3.01. The summed E-state index contributed by atoms with van der Waals surface area (Å²) in [5, 5.41) is 19.3. The molecule has 3 aromatic rings. The number of nitrogens with one attached hydrogen (secondary N) is 2. The highest BCUT2D eigenvalue weighted by Crippen LogP contribution is 2.43. The van der Waals surface area contributed by atoms with Crippen LogP contribution in [0.4, 0.5) is 24.7 Å². The topological polar surface area (TPSA) is 79.2 Å². The predicted octanol–water partition coefficient (Wildman–Crippen LogP) is 5.26. The lowest BCUT2D eigenvalue weighted by atomic mass is 9.97. The van der Waals surface area contributed by atoms with E-state index >= 15 is 0 Å². The van der Waals surface area contributed by atoms with E-state index in [9.17, 15) is 23.1 Å². The number of carbonyl (C=O) groups is 1. The van der Waals surface area contributed by atoms with Crippen LogP contribution in [0.1, 0.15) is 34.6 Å². The molecule has 1 aliphatic heterocycles. The number of hydrogen-bond donors (Lipinski definition) is 3. The van der Waals surface area contributed by atoms with Gasteiger partial charge in [0.25, 0.3) is 5.91 Å². The number of alkyl halides is 3. The molecule has 0 saturated carbocycles. The summed E-state index contributed by atoms with van der Waals surface area (Å²) in [7, 11) is 0. The summed E-state index contributed by atoms with van der Waals surface area (Å²) in [6, 6.07) is 12.1. The van der Waals surface area contributed by atoms with Crippen LogP contribution in [-0.4, -0.2) is 27.0 Å². The fourth-order valence-corrected chi connectivity index (χ4v) is 3.74. The molecule has 0 bridgehead atoms. The fourth-order valence-electron chi connectivity index (χ4n) is 3.38. The first-order valence-corrected chi connectivity index (χ1v) is 9.79. The van der Waals surface area contributed by atoms with Crippen molar-refractivity contribution in [2.75, 3.05) is 10.6 Å². The Balaban J connectivity index is 1.65. The van der Waals surface area contributed by atoms with Gasteiger partial charge in [-0.25, -0.2) is 4.68 Å². The Morgan fingerprint density at radius 1 is 1.20 bits per heavy atom. The Morgan fingerprint density at radius 2 is 1.93 bits per heavy atom. The van der Waals surface area contributed by atoms with Gasteiger partial charge >= 0.3 is 6.18 Å². The summed E-state index contributed by atoms with van der Waals surface area (Å²) in [5.74, 6) is -0.809. The summed E-state index contributed by atoms with van der Waals surface area (Å²) in [6.07, 6.45) is -4.79. The molecule has 0 unspecified atom stereocenters. The largest absolute Gasteiger partial charge is 0.506 e. The minimum absolute atomic E-state index is 0.0982. The fraction of sp³-hybridized carbons (Fsp3) is 0.200. The van der Waals surface area contributed by atoms with Crippen LogP contribution in [-0.2, 0) is 0 Å². The third-order valence-electron chi connectivity index (χ3n) is 4.83. The van der Waals surface area contributed by atoms with Crippen LogP contribution >= 0.6 is 15.9 Å². The molecule has 0 aliphatic carbocycles. The van der Waals surface area contributed by atoms with Gasteiger partial charge in [-0.2, -0.15) is 18.3 Å². The van der Waals surface area contributed by atoms with E-state index in [0.29, 0.717) is 10.0 Å². The average molecular weight is 481 g/mol. The lowest BCUT2D eigenvalue weighted by molar-refractivity contribution is -0.173. The van der Waals surface area contributed by atoms with Gasteiger partial charge in [0.05, 0.1) is 11.7 Å². The van der Waals surface area contributed by atoms with Gasteiger partial charge < -0.3 is 15.7 Å². The van der Waals surface area contributed by atoms with Gasteiger partial charge in [-0.15, -0.1) is 0 Å². The van der Waals surface area contributed by atoms with Crippen LogP contribution in [0.5, 0.6) is 5.75 Å². The molecule has 30 heavy (non-hydrogen) atoms. The third kappa shape index (κ3) is 4.00. The van der Waals surface area contributed by atoms with Crippen molar-refractivity contribution >= 4 is 33.3 Å². The summed E-state index contributed by atoms with van der Waals surface area (Å²) in [4.78, 5) is 12.6. The smallest absolute Gasteiger partial charge is 0.410 e. The molecule has 2 atom stereocenters. The summed E-state index contributed by atoms with van der Waals surface area (Å²) < 4.78 is 42.6. The highest BCUT2D eigenvalue weighted by Gasteiger charge is 2.46. The number of halogens is 4. The zero-order chi connectivity index (χ0) is 21.5. The number of benzene rings is 2. The van der Waals surface area contributed by atoms with Gasteiger partial charge in [0.1, 0.15) is 11.6 Å². The van der Waals surface area contributed by atoms with Crippen molar-refractivity contribution in [1.82, 2.24) is 9.78 Å². The first-order valence-electron chi connectivity index (χ1n) is 9.00. The number of fused-ring (bicyclic) bond motifs is 1. The lowest BCUT2D eigenvalue weighted by Gasteiger charge is -2.33. The van der Waals surface area contributed by atoms with Crippen molar-refractivity contribution in [3.05, 3.63) is 70.3 Å². The van der Waals surface area contributed by atoms with E-state index in [-0.39, 0.29) is 29.4 Å². The molecule has 4 rings (SSSR count). The highest BCUT2D eigenvalue weighted by molar-refractivity contribution is 9.10. The minimum Gasteiger partial charge on any atom is -0.506 e. The van der Waals surface area contributed by atoms with Gasteiger partial charge in [0.15, 0.2) is 11.7 Å². The molecule has 1 aromatic heterocycles.